The van der Waals surface area contributed by atoms with E-state index in [1.807, 2.05) is 0 Å². The van der Waals surface area contributed by atoms with Crippen LogP contribution < -0.4 is 0 Å². The molecular formula is C16H29ClO2. The topological polar surface area (TPSA) is 26.3 Å². The van der Waals surface area contributed by atoms with E-state index in [2.05, 4.69) is 24.8 Å². The van der Waals surface area contributed by atoms with Crippen molar-refractivity contribution in [2.75, 3.05) is 0 Å². The number of carbonyl (C=O) groups excluding carboxylic acids is 1. The SMILES string of the molecule is C=CCl.C=COC(=O)CCCCCCCCCCC. The Labute approximate surface area is 123 Å². The third-order valence-corrected chi connectivity index (χ3v) is 2.70. The van der Waals surface area contributed by atoms with Crippen molar-refractivity contribution in [1.29, 1.82) is 0 Å². The molecule has 2 nitrogen and oxygen atoms in total. The molecule has 0 saturated carbocycles. The van der Waals surface area contributed by atoms with Crippen LogP contribution in [0.3, 0.4) is 0 Å². The average molecular weight is 289 g/mol. The van der Waals surface area contributed by atoms with Gasteiger partial charge in [0.05, 0.1) is 6.26 Å². The van der Waals surface area contributed by atoms with Crippen LogP contribution in [0.5, 0.6) is 0 Å². The highest BCUT2D eigenvalue weighted by atomic mass is 35.5. The highest BCUT2D eigenvalue weighted by Gasteiger charge is 1.99. The second-order valence-electron chi connectivity index (χ2n) is 4.39. The molecular weight excluding hydrogens is 260 g/mol. The molecule has 0 aliphatic heterocycles. The molecule has 0 unspecified atom stereocenters. The van der Waals surface area contributed by atoms with E-state index in [1.54, 1.807) is 0 Å². The fourth-order valence-corrected chi connectivity index (χ4v) is 1.73. The molecule has 0 fully saturated rings. The van der Waals surface area contributed by atoms with Crippen LogP contribution in [0.25, 0.3) is 0 Å². The number of esters is 1. The van der Waals surface area contributed by atoms with Crippen LogP contribution >= 0.6 is 11.6 Å². The molecule has 19 heavy (non-hydrogen) atoms. The Kier molecular flexibility index (Phi) is 21.2. The average Bonchev–Trinajstić information content (AvgIpc) is 2.38. The van der Waals surface area contributed by atoms with E-state index in [9.17, 15) is 4.79 Å². The summed E-state index contributed by atoms with van der Waals surface area (Å²) in [6, 6.07) is 0. The second-order valence-corrected chi connectivity index (χ2v) is 4.70. The molecule has 0 rings (SSSR count). The number of hydrogen-bond acceptors (Lipinski definition) is 2. The zero-order chi connectivity index (χ0) is 14.8. The van der Waals surface area contributed by atoms with Crippen LogP contribution in [-0.2, 0) is 9.53 Å². The fraction of sp³-hybridized carbons (Fsp3) is 0.688. The van der Waals surface area contributed by atoms with Crippen molar-refractivity contribution >= 4 is 17.6 Å². The van der Waals surface area contributed by atoms with Crippen LogP contribution in [0, 0.1) is 0 Å². The molecule has 3 heteroatoms. The fourth-order valence-electron chi connectivity index (χ4n) is 1.73. The zero-order valence-electron chi connectivity index (χ0n) is 12.3. The van der Waals surface area contributed by atoms with Crippen molar-refractivity contribution in [3.05, 3.63) is 25.0 Å². The van der Waals surface area contributed by atoms with Gasteiger partial charge in [-0.3, -0.25) is 4.79 Å². The predicted octanol–water partition coefficient (Wildman–Crippen LogP) is 5.96. The third kappa shape index (κ3) is 22.8. The Morgan fingerprint density at radius 1 is 1.00 bits per heavy atom. The van der Waals surface area contributed by atoms with Crippen molar-refractivity contribution in [3.8, 4) is 0 Å². The van der Waals surface area contributed by atoms with Gasteiger partial charge in [0.15, 0.2) is 0 Å². The van der Waals surface area contributed by atoms with E-state index >= 15 is 0 Å². The molecule has 0 aliphatic carbocycles. The van der Waals surface area contributed by atoms with E-state index in [0.29, 0.717) is 6.42 Å². The Morgan fingerprint density at radius 3 is 1.84 bits per heavy atom. The summed E-state index contributed by atoms with van der Waals surface area (Å²) < 4.78 is 4.64. The van der Waals surface area contributed by atoms with Gasteiger partial charge in [0.1, 0.15) is 0 Å². The Balaban J connectivity index is 0. The number of rotatable bonds is 11. The summed E-state index contributed by atoms with van der Waals surface area (Å²) in [5, 5.41) is 0. The van der Waals surface area contributed by atoms with E-state index in [4.69, 9.17) is 11.6 Å². The molecule has 0 aliphatic rings. The van der Waals surface area contributed by atoms with E-state index in [1.165, 1.54) is 56.7 Å². The van der Waals surface area contributed by atoms with Crippen LogP contribution in [0.2, 0.25) is 0 Å². The number of ether oxygens (including phenoxy) is 1. The maximum atomic E-state index is 11.0. The minimum absolute atomic E-state index is 0.155. The van der Waals surface area contributed by atoms with Gasteiger partial charge < -0.3 is 4.74 Å². The van der Waals surface area contributed by atoms with Crippen molar-refractivity contribution < 1.29 is 9.53 Å². The standard InChI is InChI=1S/C14H26O2.C2H3Cl/c1-3-5-6-7-8-9-10-11-12-13-14(15)16-4-2;1-2-3/h4H,2-3,5-13H2,1H3;2H,1H2. The third-order valence-electron chi connectivity index (χ3n) is 2.70. The van der Waals surface area contributed by atoms with E-state index in [-0.39, 0.29) is 5.97 Å². The number of halogens is 1. The summed E-state index contributed by atoms with van der Waals surface area (Å²) in [6.45, 7) is 8.72. The van der Waals surface area contributed by atoms with E-state index in [0.717, 1.165) is 12.8 Å². The first kappa shape index (κ1) is 20.6. The maximum Gasteiger partial charge on any atom is 0.310 e. The van der Waals surface area contributed by atoms with Gasteiger partial charge in [-0.05, 0) is 12.0 Å². The lowest BCUT2D eigenvalue weighted by molar-refractivity contribution is -0.138. The molecule has 0 radical (unpaired) electrons. The molecule has 0 atom stereocenters. The molecule has 112 valence electrons. The first-order valence-corrected chi connectivity index (χ1v) is 7.68. The summed E-state index contributed by atoms with van der Waals surface area (Å²) in [5.74, 6) is -0.155. The van der Waals surface area contributed by atoms with Gasteiger partial charge in [-0.15, -0.1) is 0 Å². The first-order valence-electron chi connectivity index (χ1n) is 7.24. The molecule has 0 amide bonds. The normalized spacial score (nSPS) is 9.16. The van der Waals surface area contributed by atoms with Crippen molar-refractivity contribution in [2.24, 2.45) is 0 Å². The summed E-state index contributed by atoms with van der Waals surface area (Å²) in [5.41, 5.74) is 1.22. The van der Waals surface area contributed by atoms with Gasteiger partial charge >= 0.3 is 5.97 Å². The Morgan fingerprint density at radius 2 is 1.42 bits per heavy atom. The van der Waals surface area contributed by atoms with Crippen LogP contribution in [0.1, 0.15) is 71.1 Å². The Bertz CT molecular complexity index is 215. The van der Waals surface area contributed by atoms with Crippen molar-refractivity contribution in [2.45, 2.75) is 71.1 Å². The van der Waals surface area contributed by atoms with Gasteiger partial charge in [0.25, 0.3) is 0 Å². The monoisotopic (exact) mass is 288 g/mol. The van der Waals surface area contributed by atoms with Gasteiger partial charge in [-0.2, -0.15) is 0 Å². The minimum Gasteiger partial charge on any atom is -0.435 e. The predicted molar refractivity (Wildman–Crippen MR) is 84.2 cm³/mol. The lowest BCUT2D eigenvalue weighted by Crippen LogP contribution is -1.98. The van der Waals surface area contributed by atoms with Crippen LogP contribution in [0.4, 0.5) is 0 Å². The zero-order valence-corrected chi connectivity index (χ0v) is 13.1. The molecule has 0 N–H and O–H groups in total. The summed E-state index contributed by atoms with van der Waals surface area (Å²) in [7, 11) is 0. The van der Waals surface area contributed by atoms with Crippen molar-refractivity contribution in [3.63, 3.8) is 0 Å². The minimum atomic E-state index is -0.155. The summed E-state index contributed by atoms with van der Waals surface area (Å²) >= 11 is 4.76. The van der Waals surface area contributed by atoms with Crippen molar-refractivity contribution in [1.82, 2.24) is 0 Å². The summed E-state index contributed by atoms with van der Waals surface area (Å²) in [6.07, 6.45) is 13.1. The molecule has 0 spiro atoms. The number of unbranched alkanes of at least 4 members (excludes halogenated alkanes) is 8. The van der Waals surface area contributed by atoms with Gasteiger partial charge in [0.2, 0.25) is 0 Å². The summed E-state index contributed by atoms with van der Waals surface area (Å²) in [4.78, 5) is 11.0. The molecule has 0 aromatic rings. The highest BCUT2D eigenvalue weighted by molar-refractivity contribution is 6.25. The van der Waals surface area contributed by atoms with Crippen LogP contribution in [-0.4, -0.2) is 5.97 Å². The smallest absolute Gasteiger partial charge is 0.310 e. The van der Waals surface area contributed by atoms with Crippen LogP contribution in [0.15, 0.2) is 25.0 Å². The molecule has 0 aromatic carbocycles. The quantitative estimate of drug-likeness (QED) is 0.266. The molecule has 0 saturated heterocycles. The maximum absolute atomic E-state index is 11.0. The molecule has 0 aromatic heterocycles. The lowest BCUT2D eigenvalue weighted by atomic mass is 10.1. The first-order chi connectivity index (χ1) is 9.22. The van der Waals surface area contributed by atoms with Gasteiger partial charge in [-0.1, -0.05) is 83.0 Å². The lowest BCUT2D eigenvalue weighted by Gasteiger charge is -2.01. The highest BCUT2D eigenvalue weighted by Crippen LogP contribution is 2.10. The van der Waals surface area contributed by atoms with Gasteiger partial charge in [0, 0.05) is 6.42 Å². The molecule has 0 bridgehead atoms. The second kappa shape index (κ2) is 19.6. The van der Waals surface area contributed by atoms with E-state index < -0.39 is 0 Å². The Hall–Kier alpha value is -0.760. The molecule has 0 heterocycles. The number of hydrogen-bond donors (Lipinski definition) is 0. The largest absolute Gasteiger partial charge is 0.435 e. The van der Waals surface area contributed by atoms with Gasteiger partial charge in [-0.25, -0.2) is 0 Å². The number of carbonyl (C=O) groups is 1.